The van der Waals surface area contributed by atoms with Gasteiger partial charge >= 0.3 is 0 Å². The van der Waals surface area contributed by atoms with E-state index in [0.29, 0.717) is 16.7 Å². The summed E-state index contributed by atoms with van der Waals surface area (Å²) in [5.74, 6) is -0.156. The third-order valence-corrected chi connectivity index (χ3v) is 4.86. The molecular weight excluding hydrogens is 344 g/mol. The molecule has 0 aliphatic heterocycles. The van der Waals surface area contributed by atoms with Crippen LogP contribution in [0.15, 0.2) is 54.2 Å². The summed E-state index contributed by atoms with van der Waals surface area (Å²) in [6, 6.07) is 11.9. The molecule has 1 aromatic carbocycles. The zero-order valence-electron chi connectivity index (χ0n) is 15.1. The number of thiazole rings is 1. The lowest BCUT2D eigenvalue weighted by Crippen LogP contribution is -2.30. The van der Waals surface area contributed by atoms with Crippen LogP contribution in [-0.4, -0.2) is 28.5 Å². The fourth-order valence-electron chi connectivity index (χ4n) is 2.80. The number of hydrogen-bond acceptors (Lipinski definition) is 5. The average Bonchev–Trinajstić information content (AvgIpc) is 3.12. The molecule has 0 saturated carbocycles. The van der Waals surface area contributed by atoms with Gasteiger partial charge in [-0.3, -0.25) is 15.1 Å². The molecule has 1 N–H and O–H groups in total. The summed E-state index contributed by atoms with van der Waals surface area (Å²) in [5.41, 5.74) is 3.48. The third-order valence-electron chi connectivity index (χ3n) is 4.11. The van der Waals surface area contributed by atoms with Gasteiger partial charge in [-0.2, -0.15) is 0 Å². The van der Waals surface area contributed by atoms with E-state index in [0.717, 1.165) is 23.5 Å². The van der Waals surface area contributed by atoms with Crippen molar-refractivity contribution >= 4 is 28.1 Å². The van der Waals surface area contributed by atoms with E-state index >= 15 is 0 Å². The number of rotatable bonds is 6. The number of nitrogens with zero attached hydrogens (tertiary/aromatic N) is 3. The van der Waals surface area contributed by atoms with Crippen LogP contribution in [0, 0.1) is 0 Å². The van der Waals surface area contributed by atoms with Crippen LogP contribution in [0.2, 0.25) is 0 Å². The number of carbonyl (C=O) groups is 1. The molecule has 0 atom stereocenters. The van der Waals surface area contributed by atoms with Gasteiger partial charge in [0, 0.05) is 47.2 Å². The molecular formula is C20H22N4OS. The molecule has 2 aromatic heterocycles. The molecule has 5 nitrogen and oxygen atoms in total. The zero-order chi connectivity index (χ0) is 18.5. The highest BCUT2D eigenvalue weighted by molar-refractivity contribution is 7.14. The molecule has 0 spiro atoms. The van der Waals surface area contributed by atoms with E-state index in [1.165, 1.54) is 11.3 Å². The molecule has 3 aromatic rings. The quantitative estimate of drug-likeness (QED) is 0.687. The van der Waals surface area contributed by atoms with E-state index in [9.17, 15) is 4.79 Å². The summed E-state index contributed by atoms with van der Waals surface area (Å²) >= 11 is 1.40. The Hall–Kier alpha value is -2.73. The second-order valence-corrected chi connectivity index (χ2v) is 7.02. The molecule has 0 unspecified atom stereocenters. The third kappa shape index (κ3) is 4.08. The molecule has 0 saturated heterocycles. The van der Waals surface area contributed by atoms with Crippen molar-refractivity contribution in [3.63, 3.8) is 0 Å². The Morgan fingerprint density at radius 3 is 2.62 bits per heavy atom. The highest BCUT2D eigenvalue weighted by atomic mass is 32.1. The van der Waals surface area contributed by atoms with Crippen molar-refractivity contribution in [2.45, 2.75) is 26.8 Å². The fraction of sp³-hybridized carbons (Fsp3) is 0.250. The van der Waals surface area contributed by atoms with Crippen LogP contribution in [0.25, 0.3) is 11.3 Å². The normalized spacial score (nSPS) is 10.8. The van der Waals surface area contributed by atoms with E-state index in [-0.39, 0.29) is 5.91 Å². The van der Waals surface area contributed by atoms with Gasteiger partial charge in [0.15, 0.2) is 5.13 Å². The molecule has 1 amide bonds. The Labute approximate surface area is 157 Å². The van der Waals surface area contributed by atoms with Crippen LogP contribution in [-0.2, 0) is 0 Å². The predicted molar refractivity (Wildman–Crippen MR) is 108 cm³/mol. The topological polar surface area (TPSA) is 58.1 Å². The SMILES string of the molecule is CCN(c1ccc(C(=O)Nc2nc(-c3cccnc3)cs2)cc1)C(C)C. The number of hydrogen-bond donors (Lipinski definition) is 1. The van der Waals surface area contributed by atoms with Gasteiger partial charge in [0.05, 0.1) is 5.69 Å². The van der Waals surface area contributed by atoms with Gasteiger partial charge in [-0.25, -0.2) is 4.98 Å². The molecule has 0 radical (unpaired) electrons. The van der Waals surface area contributed by atoms with Crippen molar-refractivity contribution in [3.8, 4) is 11.3 Å². The van der Waals surface area contributed by atoms with Crippen LogP contribution in [0.3, 0.4) is 0 Å². The van der Waals surface area contributed by atoms with E-state index < -0.39 is 0 Å². The van der Waals surface area contributed by atoms with E-state index in [2.05, 4.69) is 41.0 Å². The van der Waals surface area contributed by atoms with Crippen molar-refractivity contribution in [2.75, 3.05) is 16.8 Å². The molecule has 0 aliphatic rings. The van der Waals surface area contributed by atoms with Gasteiger partial charge in [0.2, 0.25) is 0 Å². The van der Waals surface area contributed by atoms with Gasteiger partial charge in [-0.1, -0.05) is 0 Å². The lowest BCUT2D eigenvalue weighted by molar-refractivity contribution is 0.102. The minimum Gasteiger partial charge on any atom is -0.369 e. The summed E-state index contributed by atoms with van der Waals surface area (Å²) in [6.07, 6.45) is 3.48. The number of carbonyl (C=O) groups excluding carboxylic acids is 1. The highest BCUT2D eigenvalue weighted by Crippen LogP contribution is 2.25. The number of pyridine rings is 1. The van der Waals surface area contributed by atoms with Crippen molar-refractivity contribution in [3.05, 3.63) is 59.7 Å². The maximum absolute atomic E-state index is 12.5. The Balaban J connectivity index is 1.70. The predicted octanol–water partition coefficient (Wildman–Crippen LogP) is 4.69. The minimum absolute atomic E-state index is 0.156. The van der Waals surface area contributed by atoms with Gasteiger partial charge < -0.3 is 4.90 Å². The first-order valence-electron chi connectivity index (χ1n) is 8.62. The van der Waals surface area contributed by atoms with Crippen molar-refractivity contribution in [1.82, 2.24) is 9.97 Å². The molecule has 0 fully saturated rings. The Kier molecular flexibility index (Phi) is 5.63. The second kappa shape index (κ2) is 8.10. The highest BCUT2D eigenvalue weighted by Gasteiger charge is 2.12. The second-order valence-electron chi connectivity index (χ2n) is 6.16. The Morgan fingerprint density at radius 1 is 1.23 bits per heavy atom. The first-order chi connectivity index (χ1) is 12.6. The maximum atomic E-state index is 12.5. The lowest BCUT2D eigenvalue weighted by atomic mass is 10.1. The van der Waals surface area contributed by atoms with E-state index in [1.54, 1.807) is 12.4 Å². The Morgan fingerprint density at radius 2 is 2.00 bits per heavy atom. The van der Waals surface area contributed by atoms with Crippen LogP contribution < -0.4 is 10.2 Å². The summed E-state index contributed by atoms with van der Waals surface area (Å²) in [7, 11) is 0. The number of anilines is 2. The molecule has 0 bridgehead atoms. The van der Waals surface area contributed by atoms with Crippen molar-refractivity contribution < 1.29 is 4.79 Å². The monoisotopic (exact) mass is 366 g/mol. The van der Waals surface area contributed by atoms with E-state index in [1.807, 2.05) is 41.8 Å². The number of nitrogens with one attached hydrogen (secondary N) is 1. The maximum Gasteiger partial charge on any atom is 0.257 e. The molecule has 2 heterocycles. The van der Waals surface area contributed by atoms with Crippen LogP contribution in [0.1, 0.15) is 31.1 Å². The van der Waals surface area contributed by atoms with Crippen molar-refractivity contribution in [2.24, 2.45) is 0 Å². The standard InChI is InChI=1S/C20H22N4OS/c1-4-24(14(2)3)17-9-7-15(8-10-17)19(25)23-20-22-18(13-26-20)16-6-5-11-21-12-16/h5-14H,4H2,1-3H3,(H,22,23,25). The van der Waals surface area contributed by atoms with Crippen molar-refractivity contribution in [1.29, 1.82) is 0 Å². The van der Waals surface area contributed by atoms with Crippen LogP contribution >= 0.6 is 11.3 Å². The smallest absolute Gasteiger partial charge is 0.257 e. The van der Waals surface area contributed by atoms with Gasteiger partial charge in [0.1, 0.15) is 0 Å². The molecule has 3 rings (SSSR count). The number of amides is 1. The first kappa shape index (κ1) is 18.1. The summed E-state index contributed by atoms with van der Waals surface area (Å²) in [4.78, 5) is 23.3. The lowest BCUT2D eigenvalue weighted by Gasteiger charge is -2.27. The van der Waals surface area contributed by atoms with Crippen LogP contribution in [0.4, 0.5) is 10.8 Å². The summed E-state index contributed by atoms with van der Waals surface area (Å²) < 4.78 is 0. The molecule has 6 heteroatoms. The summed E-state index contributed by atoms with van der Waals surface area (Å²) in [6.45, 7) is 7.38. The minimum atomic E-state index is -0.156. The molecule has 0 aliphatic carbocycles. The zero-order valence-corrected chi connectivity index (χ0v) is 16.0. The van der Waals surface area contributed by atoms with Gasteiger partial charge in [0.25, 0.3) is 5.91 Å². The number of benzene rings is 1. The molecule has 26 heavy (non-hydrogen) atoms. The Bertz CT molecular complexity index is 859. The van der Waals surface area contributed by atoms with Gasteiger partial charge in [-0.15, -0.1) is 11.3 Å². The number of aromatic nitrogens is 2. The fourth-order valence-corrected chi connectivity index (χ4v) is 3.51. The van der Waals surface area contributed by atoms with E-state index in [4.69, 9.17) is 0 Å². The average molecular weight is 366 g/mol. The molecule has 134 valence electrons. The first-order valence-corrected chi connectivity index (χ1v) is 9.50. The van der Waals surface area contributed by atoms with Gasteiger partial charge in [-0.05, 0) is 57.2 Å². The largest absolute Gasteiger partial charge is 0.369 e. The van der Waals surface area contributed by atoms with Crippen LogP contribution in [0.5, 0.6) is 0 Å². The summed E-state index contributed by atoms with van der Waals surface area (Å²) in [5, 5.41) is 5.36.